The number of amides is 4. The predicted octanol–water partition coefficient (Wildman–Crippen LogP) is 3.07. The van der Waals surface area contributed by atoms with E-state index in [1.807, 2.05) is 30.3 Å². The number of urea groups is 1. The van der Waals surface area contributed by atoms with Crippen molar-refractivity contribution in [2.24, 2.45) is 5.73 Å². The summed E-state index contributed by atoms with van der Waals surface area (Å²) in [4.78, 5) is 40.3. The molecule has 2 aromatic carbocycles. The molecule has 3 aliphatic rings. The summed E-state index contributed by atoms with van der Waals surface area (Å²) in [6.07, 6.45) is 1.47. The topological polar surface area (TPSA) is 153 Å². The number of halogens is 2. The van der Waals surface area contributed by atoms with Crippen LogP contribution in [0.25, 0.3) is 0 Å². The van der Waals surface area contributed by atoms with Gasteiger partial charge in [0.25, 0.3) is 11.8 Å². The number of rotatable bonds is 7. The van der Waals surface area contributed by atoms with E-state index in [9.17, 15) is 31.6 Å². The smallest absolute Gasteiger partial charge is 0.407 e. The van der Waals surface area contributed by atoms with Crippen LogP contribution in [0, 0.1) is 0 Å². The van der Waals surface area contributed by atoms with Crippen LogP contribution in [0.1, 0.15) is 42.9 Å². The molecule has 2 aromatic rings. The molecule has 43 heavy (non-hydrogen) atoms. The minimum atomic E-state index is -3.29. The second-order valence-corrected chi connectivity index (χ2v) is 13.3. The Labute approximate surface area is 249 Å². The third-order valence-corrected chi connectivity index (χ3v) is 9.20. The van der Waals surface area contributed by atoms with E-state index in [1.54, 1.807) is 12.1 Å². The molecule has 4 N–H and O–H groups in total. The number of benzene rings is 2. The number of carboxylic acid groups (broad SMARTS) is 1. The molecular weight excluding hydrogens is 584 g/mol. The zero-order chi connectivity index (χ0) is 31.4. The average Bonchev–Trinajstić information content (AvgIpc) is 3.45. The fourth-order valence-electron chi connectivity index (χ4n) is 5.43. The molecule has 5 rings (SSSR count). The van der Waals surface area contributed by atoms with Gasteiger partial charge in [0.1, 0.15) is 5.54 Å². The summed E-state index contributed by atoms with van der Waals surface area (Å²) in [6.45, 7) is 1.68. The number of carbonyl (C=O) groups is 3. The van der Waals surface area contributed by atoms with Crippen molar-refractivity contribution in [3.63, 3.8) is 0 Å². The van der Waals surface area contributed by atoms with Crippen LogP contribution < -0.4 is 11.1 Å². The first-order valence-electron chi connectivity index (χ1n) is 14.0. The highest BCUT2D eigenvalue weighted by Gasteiger charge is 2.52. The van der Waals surface area contributed by atoms with E-state index in [0.29, 0.717) is 31.5 Å². The van der Waals surface area contributed by atoms with Crippen molar-refractivity contribution in [3.05, 3.63) is 65.7 Å². The molecule has 3 aliphatic heterocycles. The van der Waals surface area contributed by atoms with Gasteiger partial charge in [0.05, 0.1) is 18.0 Å². The SMILES string of the molecule is CS(=O)(=O)c1ccc(CN2C(=O)NC3(CCN(CC[C@H](N)c4ccccc4)CC3)C2=O)cc1.O=C(O)N1CCC(F)(F)C1. The lowest BCUT2D eigenvalue weighted by molar-refractivity contribution is -0.133. The normalized spacial score (nSPS) is 20.5. The Bertz CT molecular complexity index is 1420. The van der Waals surface area contributed by atoms with Gasteiger partial charge in [0.15, 0.2) is 9.84 Å². The summed E-state index contributed by atoms with van der Waals surface area (Å²) in [5.74, 6) is -3.02. The number of alkyl halides is 2. The fourth-order valence-corrected chi connectivity index (χ4v) is 6.06. The molecule has 14 heteroatoms. The maximum absolute atomic E-state index is 13.2. The monoisotopic (exact) mass is 621 g/mol. The highest BCUT2D eigenvalue weighted by Crippen LogP contribution is 2.31. The van der Waals surface area contributed by atoms with Crippen molar-refractivity contribution in [1.82, 2.24) is 20.0 Å². The lowest BCUT2D eigenvalue weighted by atomic mass is 9.87. The van der Waals surface area contributed by atoms with Gasteiger partial charge in [-0.3, -0.25) is 9.69 Å². The molecule has 3 fully saturated rings. The van der Waals surface area contributed by atoms with Crippen molar-refractivity contribution in [2.75, 3.05) is 39.0 Å². The zero-order valence-corrected chi connectivity index (χ0v) is 24.7. The Morgan fingerprint density at radius 2 is 1.65 bits per heavy atom. The van der Waals surface area contributed by atoms with Gasteiger partial charge >= 0.3 is 12.1 Å². The average molecular weight is 622 g/mol. The third-order valence-electron chi connectivity index (χ3n) is 8.07. The standard InChI is InChI=1S/C24H30N4O4S.C5H7F2NO2/c1-33(31,32)20-9-7-18(8-10-20)17-28-22(29)24(26-23(28)30)12-15-27(16-13-24)14-11-21(25)19-5-3-2-4-6-19;6-5(7)1-2-8(3-5)4(9)10/h2-10,21H,11-17,25H2,1H3,(H,26,30);1-3H2,(H,9,10)/t21-;/m0./s1. The molecule has 1 spiro atoms. The quantitative estimate of drug-likeness (QED) is 0.399. The zero-order valence-electron chi connectivity index (χ0n) is 23.9. The Balaban J connectivity index is 0.000000359. The Hall–Kier alpha value is -3.62. The number of carbonyl (C=O) groups excluding carboxylic acids is 2. The number of nitrogens with one attached hydrogen (secondary N) is 1. The second kappa shape index (κ2) is 12.9. The van der Waals surface area contributed by atoms with E-state index in [-0.39, 0.29) is 36.4 Å². The van der Waals surface area contributed by atoms with E-state index < -0.39 is 40.0 Å². The van der Waals surface area contributed by atoms with E-state index in [4.69, 9.17) is 10.8 Å². The number of hydrogen-bond acceptors (Lipinski definition) is 7. The number of nitrogens with zero attached hydrogens (tertiary/aromatic N) is 3. The summed E-state index contributed by atoms with van der Waals surface area (Å²) >= 11 is 0. The van der Waals surface area contributed by atoms with Gasteiger partial charge < -0.3 is 26.0 Å². The van der Waals surface area contributed by atoms with E-state index in [2.05, 4.69) is 10.2 Å². The van der Waals surface area contributed by atoms with Gasteiger partial charge in [-0.05, 0) is 49.1 Å². The summed E-state index contributed by atoms with van der Waals surface area (Å²) in [5.41, 5.74) is 7.27. The molecule has 0 unspecified atom stereocenters. The molecule has 0 aliphatic carbocycles. The van der Waals surface area contributed by atoms with Crippen LogP contribution in [0.5, 0.6) is 0 Å². The van der Waals surface area contributed by atoms with Crippen LogP contribution in [0.15, 0.2) is 59.5 Å². The Kier molecular flexibility index (Phi) is 9.72. The fraction of sp³-hybridized carbons (Fsp3) is 0.483. The highest BCUT2D eigenvalue weighted by atomic mass is 32.2. The van der Waals surface area contributed by atoms with Crippen LogP contribution in [0.4, 0.5) is 18.4 Å². The first-order valence-corrected chi connectivity index (χ1v) is 15.9. The summed E-state index contributed by atoms with van der Waals surface area (Å²) < 4.78 is 47.8. The lowest BCUT2D eigenvalue weighted by Gasteiger charge is -2.37. The number of hydrogen-bond donors (Lipinski definition) is 3. The molecule has 0 bridgehead atoms. The number of nitrogens with two attached hydrogens (primary N) is 1. The van der Waals surface area contributed by atoms with Crippen molar-refractivity contribution in [1.29, 1.82) is 0 Å². The maximum atomic E-state index is 13.2. The molecule has 1 atom stereocenters. The summed E-state index contributed by atoms with van der Waals surface area (Å²) in [6, 6.07) is 15.9. The lowest BCUT2D eigenvalue weighted by Crippen LogP contribution is -2.55. The van der Waals surface area contributed by atoms with Crippen LogP contribution >= 0.6 is 0 Å². The molecular formula is C29H37F2N5O6S. The number of likely N-dealkylation sites (tertiary alicyclic amines) is 2. The van der Waals surface area contributed by atoms with Gasteiger partial charge in [-0.1, -0.05) is 42.5 Å². The van der Waals surface area contributed by atoms with Crippen molar-refractivity contribution < 1.29 is 36.7 Å². The van der Waals surface area contributed by atoms with Crippen LogP contribution in [-0.2, 0) is 21.2 Å². The van der Waals surface area contributed by atoms with Crippen molar-refractivity contribution in [2.45, 2.75) is 54.6 Å². The van der Waals surface area contributed by atoms with E-state index >= 15 is 0 Å². The van der Waals surface area contributed by atoms with E-state index in [1.165, 1.54) is 17.0 Å². The van der Waals surface area contributed by atoms with Gasteiger partial charge in [0, 0.05) is 38.4 Å². The molecule has 0 radical (unpaired) electrons. The summed E-state index contributed by atoms with van der Waals surface area (Å²) in [5, 5.41) is 11.2. The van der Waals surface area contributed by atoms with Gasteiger partial charge in [0.2, 0.25) is 0 Å². The number of imide groups is 1. The largest absolute Gasteiger partial charge is 0.465 e. The Morgan fingerprint density at radius 3 is 2.16 bits per heavy atom. The summed E-state index contributed by atoms with van der Waals surface area (Å²) in [7, 11) is -3.29. The van der Waals surface area contributed by atoms with Crippen molar-refractivity contribution in [3.8, 4) is 0 Å². The van der Waals surface area contributed by atoms with Crippen LogP contribution in [0.3, 0.4) is 0 Å². The van der Waals surface area contributed by atoms with Crippen LogP contribution in [-0.4, -0.2) is 96.7 Å². The van der Waals surface area contributed by atoms with Crippen molar-refractivity contribution >= 4 is 27.9 Å². The maximum Gasteiger partial charge on any atom is 0.407 e. The van der Waals surface area contributed by atoms with Gasteiger partial charge in [-0.15, -0.1) is 0 Å². The molecule has 11 nitrogen and oxygen atoms in total. The molecule has 4 amide bonds. The molecule has 0 saturated carbocycles. The van der Waals surface area contributed by atoms with Gasteiger partial charge in [-0.25, -0.2) is 26.8 Å². The van der Waals surface area contributed by atoms with Crippen LogP contribution in [0.2, 0.25) is 0 Å². The van der Waals surface area contributed by atoms with Gasteiger partial charge in [-0.2, -0.15) is 0 Å². The second-order valence-electron chi connectivity index (χ2n) is 11.3. The first kappa shape index (κ1) is 32.3. The first-order chi connectivity index (χ1) is 20.2. The molecule has 234 valence electrons. The third kappa shape index (κ3) is 8.06. The molecule has 3 heterocycles. The minimum Gasteiger partial charge on any atom is -0.465 e. The number of sulfone groups is 1. The number of piperidine rings is 1. The predicted molar refractivity (Wildman–Crippen MR) is 154 cm³/mol. The van der Waals surface area contributed by atoms with E-state index in [0.717, 1.165) is 29.7 Å². The highest BCUT2D eigenvalue weighted by molar-refractivity contribution is 7.90. The molecule has 0 aromatic heterocycles. The Morgan fingerprint density at radius 1 is 1.02 bits per heavy atom. The minimum absolute atomic E-state index is 0.0283. The molecule has 3 saturated heterocycles.